The van der Waals surface area contributed by atoms with E-state index in [9.17, 15) is 0 Å². The standard InChI is InChI=1S/C22H31N5/c1-14(18-12-17-5-4-8-24-21(17)26-13-18)6-7-15(2)20-16(3)11-19-22(27-20)25-10-9-23-19/h4-5,8,11,14-15,18,23H,6-7,9-10,12-13H2,1-3H3,(H,24,26)(H,25,27)/t14-,15+,18?/m1/s1. The third-order valence-electron chi connectivity index (χ3n) is 6.22. The number of fused-ring (bicyclic) bond motifs is 2. The van der Waals surface area contributed by atoms with Gasteiger partial charge in [-0.1, -0.05) is 19.9 Å². The van der Waals surface area contributed by atoms with E-state index in [-0.39, 0.29) is 0 Å². The van der Waals surface area contributed by atoms with Crippen molar-refractivity contribution in [3.05, 3.63) is 41.2 Å². The molecule has 0 amide bonds. The van der Waals surface area contributed by atoms with E-state index in [1.165, 1.54) is 29.7 Å². The summed E-state index contributed by atoms with van der Waals surface area (Å²) in [6.07, 6.45) is 5.41. The quantitative estimate of drug-likeness (QED) is 0.732. The summed E-state index contributed by atoms with van der Waals surface area (Å²) in [4.78, 5) is 9.38. The number of nitrogens with one attached hydrogen (secondary N) is 3. The van der Waals surface area contributed by atoms with Crippen LogP contribution in [0.4, 0.5) is 17.3 Å². The number of hydrogen-bond donors (Lipinski definition) is 3. The Balaban J connectivity index is 1.37. The third kappa shape index (κ3) is 3.87. The summed E-state index contributed by atoms with van der Waals surface area (Å²) in [5, 5.41) is 10.4. The molecule has 2 aliphatic rings. The van der Waals surface area contributed by atoms with E-state index >= 15 is 0 Å². The molecule has 3 N–H and O–H groups in total. The molecule has 2 aromatic rings. The first-order chi connectivity index (χ1) is 13.1. The highest BCUT2D eigenvalue weighted by atomic mass is 15.1. The lowest BCUT2D eigenvalue weighted by Crippen LogP contribution is -2.29. The molecule has 0 spiro atoms. The number of pyridine rings is 2. The van der Waals surface area contributed by atoms with Crippen LogP contribution in [0.3, 0.4) is 0 Å². The Morgan fingerprint density at radius 2 is 1.96 bits per heavy atom. The summed E-state index contributed by atoms with van der Waals surface area (Å²) in [5.74, 6) is 3.93. The molecule has 0 bridgehead atoms. The molecule has 0 aromatic carbocycles. The highest BCUT2D eigenvalue weighted by molar-refractivity contribution is 5.68. The van der Waals surface area contributed by atoms with Crippen LogP contribution in [0.2, 0.25) is 0 Å². The number of nitrogens with zero attached hydrogens (tertiary/aromatic N) is 2. The second-order valence-corrected chi connectivity index (χ2v) is 8.25. The van der Waals surface area contributed by atoms with Crippen LogP contribution in [-0.2, 0) is 6.42 Å². The number of aromatic nitrogens is 2. The lowest BCUT2D eigenvalue weighted by Gasteiger charge is -2.30. The maximum Gasteiger partial charge on any atom is 0.149 e. The van der Waals surface area contributed by atoms with Crippen molar-refractivity contribution in [3.63, 3.8) is 0 Å². The van der Waals surface area contributed by atoms with Crippen molar-refractivity contribution in [3.8, 4) is 0 Å². The monoisotopic (exact) mass is 365 g/mol. The van der Waals surface area contributed by atoms with Gasteiger partial charge >= 0.3 is 0 Å². The number of rotatable bonds is 5. The largest absolute Gasteiger partial charge is 0.380 e. The van der Waals surface area contributed by atoms with Crippen LogP contribution in [0.25, 0.3) is 0 Å². The molecule has 5 heteroatoms. The average Bonchev–Trinajstić information content (AvgIpc) is 2.70. The average molecular weight is 366 g/mol. The molecular formula is C22H31N5. The van der Waals surface area contributed by atoms with Gasteiger partial charge in [0.15, 0.2) is 0 Å². The van der Waals surface area contributed by atoms with E-state index < -0.39 is 0 Å². The number of anilines is 3. The molecule has 27 heavy (non-hydrogen) atoms. The fourth-order valence-corrected chi connectivity index (χ4v) is 4.41. The van der Waals surface area contributed by atoms with Crippen LogP contribution in [-0.4, -0.2) is 29.6 Å². The number of hydrogen-bond acceptors (Lipinski definition) is 5. The first-order valence-corrected chi connectivity index (χ1v) is 10.3. The van der Waals surface area contributed by atoms with Crippen molar-refractivity contribution < 1.29 is 0 Å². The summed E-state index contributed by atoms with van der Waals surface area (Å²) in [5.41, 5.74) is 5.04. The highest BCUT2D eigenvalue weighted by Crippen LogP contribution is 2.33. The molecule has 3 atom stereocenters. The van der Waals surface area contributed by atoms with Crippen molar-refractivity contribution in [2.24, 2.45) is 11.8 Å². The fourth-order valence-electron chi connectivity index (χ4n) is 4.41. The zero-order valence-corrected chi connectivity index (χ0v) is 16.7. The molecule has 4 heterocycles. The molecule has 1 unspecified atom stereocenters. The fraction of sp³-hybridized carbons (Fsp3) is 0.545. The topological polar surface area (TPSA) is 61.9 Å². The van der Waals surface area contributed by atoms with Gasteiger partial charge in [-0.2, -0.15) is 0 Å². The van der Waals surface area contributed by atoms with Gasteiger partial charge in [0.2, 0.25) is 0 Å². The molecule has 0 saturated heterocycles. The summed E-state index contributed by atoms with van der Waals surface area (Å²) < 4.78 is 0. The SMILES string of the molecule is Cc1cc2c(nc1[C@@H](C)CC[C@@H](C)C1CNc3ncccc3C1)NCCN2. The molecule has 0 fully saturated rings. The van der Waals surface area contributed by atoms with E-state index in [0.717, 1.165) is 43.4 Å². The summed E-state index contributed by atoms with van der Waals surface area (Å²) in [6.45, 7) is 9.86. The molecule has 2 aliphatic heterocycles. The molecule has 0 saturated carbocycles. The summed E-state index contributed by atoms with van der Waals surface area (Å²) >= 11 is 0. The van der Waals surface area contributed by atoms with Gasteiger partial charge in [-0.25, -0.2) is 9.97 Å². The third-order valence-corrected chi connectivity index (χ3v) is 6.22. The zero-order valence-electron chi connectivity index (χ0n) is 16.7. The first-order valence-electron chi connectivity index (χ1n) is 10.3. The van der Waals surface area contributed by atoms with Crippen molar-refractivity contribution in [1.82, 2.24) is 9.97 Å². The van der Waals surface area contributed by atoms with Gasteiger partial charge in [0.05, 0.1) is 5.69 Å². The number of aryl methyl sites for hydroxylation is 1. The predicted molar refractivity (Wildman–Crippen MR) is 113 cm³/mol. The summed E-state index contributed by atoms with van der Waals surface area (Å²) in [6, 6.07) is 6.50. The Kier molecular flexibility index (Phi) is 5.19. The Bertz CT molecular complexity index is 803. The second kappa shape index (κ2) is 7.75. The minimum absolute atomic E-state index is 0.479. The molecular weight excluding hydrogens is 334 g/mol. The predicted octanol–water partition coefficient (Wildman–Crippen LogP) is 4.43. The minimum Gasteiger partial charge on any atom is -0.380 e. The van der Waals surface area contributed by atoms with Gasteiger partial charge in [0, 0.05) is 31.5 Å². The van der Waals surface area contributed by atoms with E-state index in [4.69, 9.17) is 4.98 Å². The van der Waals surface area contributed by atoms with Gasteiger partial charge in [-0.05, 0) is 67.2 Å². The van der Waals surface area contributed by atoms with Crippen LogP contribution < -0.4 is 16.0 Å². The Morgan fingerprint density at radius 1 is 1.11 bits per heavy atom. The molecule has 0 aliphatic carbocycles. The lowest BCUT2D eigenvalue weighted by molar-refractivity contribution is 0.329. The molecule has 0 radical (unpaired) electrons. The van der Waals surface area contributed by atoms with Crippen LogP contribution in [0.15, 0.2) is 24.4 Å². The van der Waals surface area contributed by atoms with Crippen molar-refractivity contribution in [1.29, 1.82) is 0 Å². The molecule has 2 aromatic heterocycles. The molecule has 5 nitrogen and oxygen atoms in total. The van der Waals surface area contributed by atoms with E-state index in [0.29, 0.717) is 17.8 Å². The Morgan fingerprint density at radius 3 is 2.85 bits per heavy atom. The lowest BCUT2D eigenvalue weighted by atomic mass is 9.81. The van der Waals surface area contributed by atoms with Gasteiger partial charge < -0.3 is 16.0 Å². The van der Waals surface area contributed by atoms with E-state index in [2.05, 4.69) is 53.8 Å². The second-order valence-electron chi connectivity index (χ2n) is 8.25. The van der Waals surface area contributed by atoms with Gasteiger partial charge in [-0.3, -0.25) is 0 Å². The molecule has 4 rings (SSSR count). The molecule has 144 valence electrons. The van der Waals surface area contributed by atoms with Crippen LogP contribution in [0.5, 0.6) is 0 Å². The Labute approximate surface area is 162 Å². The highest BCUT2D eigenvalue weighted by Gasteiger charge is 2.25. The van der Waals surface area contributed by atoms with Crippen LogP contribution in [0.1, 0.15) is 49.4 Å². The Hall–Kier alpha value is -2.30. The van der Waals surface area contributed by atoms with Crippen molar-refractivity contribution in [2.45, 2.75) is 46.0 Å². The van der Waals surface area contributed by atoms with E-state index in [1.54, 1.807) is 0 Å². The van der Waals surface area contributed by atoms with Crippen molar-refractivity contribution >= 4 is 17.3 Å². The van der Waals surface area contributed by atoms with Gasteiger partial charge in [0.1, 0.15) is 11.6 Å². The minimum atomic E-state index is 0.479. The van der Waals surface area contributed by atoms with E-state index in [1.807, 2.05) is 12.3 Å². The summed E-state index contributed by atoms with van der Waals surface area (Å²) in [7, 11) is 0. The normalized spacial score (nSPS) is 20.3. The van der Waals surface area contributed by atoms with Gasteiger partial charge in [-0.15, -0.1) is 0 Å². The maximum atomic E-state index is 4.94. The maximum absolute atomic E-state index is 4.94. The van der Waals surface area contributed by atoms with Crippen LogP contribution >= 0.6 is 0 Å². The zero-order chi connectivity index (χ0) is 18.8. The van der Waals surface area contributed by atoms with Crippen molar-refractivity contribution in [2.75, 3.05) is 35.6 Å². The smallest absolute Gasteiger partial charge is 0.149 e. The van der Waals surface area contributed by atoms with Crippen LogP contribution in [0, 0.1) is 18.8 Å². The van der Waals surface area contributed by atoms with Gasteiger partial charge in [0.25, 0.3) is 0 Å². The first kappa shape index (κ1) is 18.1.